The highest BCUT2D eigenvalue weighted by Crippen LogP contribution is 2.26. The fourth-order valence-electron chi connectivity index (χ4n) is 2.21. The van der Waals surface area contributed by atoms with Crippen molar-refractivity contribution in [3.05, 3.63) is 0 Å². The molecule has 2 nitrogen and oxygen atoms in total. The third-order valence-electron chi connectivity index (χ3n) is 3.00. The van der Waals surface area contributed by atoms with Crippen molar-refractivity contribution in [3.63, 3.8) is 0 Å². The molecule has 3 atom stereocenters. The zero-order valence-corrected chi connectivity index (χ0v) is 9.54. The second-order valence-electron chi connectivity index (χ2n) is 4.64. The van der Waals surface area contributed by atoms with E-state index in [0.717, 1.165) is 19.3 Å². The van der Waals surface area contributed by atoms with Gasteiger partial charge in [-0.2, -0.15) is 0 Å². The lowest BCUT2D eigenvalue weighted by atomic mass is 9.94. The van der Waals surface area contributed by atoms with Crippen LogP contribution in [0.5, 0.6) is 0 Å². The van der Waals surface area contributed by atoms with Gasteiger partial charge < -0.3 is 9.84 Å². The molecule has 3 unspecified atom stereocenters. The Balaban J connectivity index is 2.10. The highest BCUT2D eigenvalue weighted by Gasteiger charge is 2.24. The molecule has 14 heavy (non-hydrogen) atoms. The van der Waals surface area contributed by atoms with Crippen molar-refractivity contribution in [1.82, 2.24) is 0 Å². The van der Waals surface area contributed by atoms with Crippen LogP contribution in [0.2, 0.25) is 0 Å². The van der Waals surface area contributed by atoms with Crippen LogP contribution in [0.15, 0.2) is 0 Å². The molecule has 0 aromatic rings. The van der Waals surface area contributed by atoms with Crippen molar-refractivity contribution >= 4 is 0 Å². The molecule has 0 radical (unpaired) electrons. The number of hydrogen-bond acceptors (Lipinski definition) is 2. The van der Waals surface area contributed by atoms with Crippen LogP contribution < -0.4 is 0 Å². The predicted molar refractivity (Wildman–Crippen MR) is 58.0 cm³/mol. The number of unbranched alkanes of at least 4 members (excludes halogenated alkanes) is 3. The summed E-state index contributed by atoms with van der Waals surface area (Å²) in [5.74, 6) is 0.620. The predicted octanol–water partition coefficient (Wildman–Crippen LogP) is 3.09. The van der Waals surface area contributed by atoms with E-state index in [0.29, 0.717) is 12.0 Å². The molecule has 0 aliphatic carbocycles. The fraction of sp³-hybridized carbons (Fsp3) is 1.00. The second-order valence-corrected chi connectivity index (χ2v) is 4.64. The lowest BCUT2D eigenvalue weighted by Gasteiger charge is -2.31. The topological polar surface area (TPSA) is 29.5 Å². The molecule has 1 aliphatic heterocycles. The molecule has 0 aromatic carbocycles. The maximum absolute atomic E-state index is 9.43. The van der Waals surface area contributed by atoms with E-state index in [2.05, 4.69) is 13.8 Å². The Morgan fingerprint density at radius 3 is 2.64 bits per heavy atom. The van der Waals surface area contributed by atoms with Crippen LogP contribution in [0.4, 0.5) is 0 Å². The van der Waals surface area contributed by atoms with E-state index >= 15 is 0 Å². The SMILES string of the molecule is CCCCCCC1CC(C)CC(O)O1. The lowest BCUT2D eigenvalue weighted by Crippen LogP contribution is -2.31. The first-order chi connectivity index (χ1) is 6.72. The zero-order valence-electron chi connectivity index (χ0n) is 9.54. The lowest BCUT2D eigenvalue weighted by molar-refractivity contribution is -0.176. The van der Waals surface area contributed by atoms with Gasteiger partial charge in [-0.25, -0.2) is 0 Å². The van der Waals surface area contributed by atoms with Crippen molar-refractivity contribution in [2.24, 2.45) is 5.92 Å². The summed E-state index contributed by atoms with van der Waals surface area (Å²) in [5, 5.41) is 9.43. The largest absolute Gasteiger partial charge is 0.368 e. The number of ether oxygens (including phenoxy) is 1. The van der Waals surface area contributed by atoms with Crippen molar-refractivity contribution in [3.8, 4) is 0 Å². The number of rotatable bonds is 5. The summed E-state index contributed by atoms with van der Waals surface area (Å²) in [7, 11) is 0. The molecule has 0 amide bonds. The Morgan fingerprint density at radius 2 is 2.00 bits per heavy atom. The molecule has 2 heteroatoms. The van der Waals surface area contributed by atoms with Gasteiger partial charge in [0, 0.05) is 6.42 Å². The van der Waals surface area contributed by atoms with E-state index in [1.54, 1.807) is 0 Å². The Morgan fingerprint density at radius 1 is 1.21 bits per heavy atom. The first kappa shape index (κ1) is 12.0. The maximum atomic E-state index is 9.43. The van der Waals surface area contributed by atoms with Gasteiger partial charge >= 0.3 is 0 Å². The van der Waals surface area contributed by atoms with Crippen LogP contribution in [0.1, 0.15) is 58.8 Å². The molecule has 84 valence electrons. The molecule has 1 saturated heterocycles. The van der Waals surface area contributed by atoms with E-state index < -0.39 is 6.29 Å². The van der Waals surface area contributed by atoms with Gasteiger partial charge in [0.05, 0.1) is 6.10 Å². The van der Waals surface area contributed by atoms with E-state index in [1.165, 1.54) is 25.7 Å². The quantitative estimate of drug-likeness (QED) is 0.691. The Bertz CT molecular complexity index is 137. The van der Waals surface area contributed by atoms with Crippen LogP contribution in [-0.2, 0) is 4.74 Å². The Labute approximate surface area is 87.7 Å². The molecule has 0 aromatic heterocycles. The van der Waals surface area contributed by atoms with E-state index in [-0.39, 0.29) is 0 Å². The normalized spacial score (nSPS) is 33.2. The summed E-state index contributed by atoms with van der Waals surface area (Å²) in [6.07, 6.45) is 8.03. The molecule has 0 spiro atoms. The average molecular weight is 200 g/mol. The second kappa shape index (κ2) is 6.41. The molecule has 0 saturated carbocycles. The standard InChI is InChI=1S/C12H24O2/c1-3-4-5-6-7-11-8-10(2)9-12(13)14-11/h10-13H,3-9H2,1-2H3. The summed E-state index contributed by atoms with van der Waals surface area (Å²) < 4.78 is 5.49. The van der Waals surface area contributed by atoms with Crippen LogP contribution in [0.3, 0.4) is 0 Å². The smallest absolute Gasteiger partial charge is 0.155 e. The monoisotopic (exact) mass is 200 g/mol. The van der Waals surface area contributed by atoms with Crippen LogP contribution in [-0.4, -0.2) is 17.5 Å². The minimum absolute atomic E-state index is 0.311. The van der Waals surface area contributed by atoms with Crippen molar-refractivity contribution in [2.75, 3.05) is 0 Å². The summed E-state index contributed by atoms with van der Waals surface area (Å²) in [6, 6.07) is 0. The third kappa shape index (κ3) is 4.43. The van der Waals surface area contributed by atoms with E-state index in [9.17, 15) is 5.11 Å². The van der Waals surface area contributed by atoms with Crippen molar-refractivity contribution in [1.29, 1.82) is 0 Å². The molecule has 1 heterocycles. The molecule has 1 aliphatic rings. The first-order valence-electron chi connectivity index (χ1n) is 6.06. The minimum Gasteiger partial charge on any atom is -0.368 e. The van der Waals surface area contributed by atoms with Gasteiger partial charge in [0.2, 0.25) is 0 Å². The first-order valence-corrected chi connectivity index (χ1v) is 6.06. The maximum Gasteiger partial charge on any atom is 0.155 e. The molecule has 1 rings (SSSR count). The van der Waals surface area contributed by atoms with E-state index in [1.807, 2.05) is 0 Å². The van der Waals surface area contributed by atoms with Gasteiger partial charge in [-0.1, -0.05) is 39.5 Å². The highest BCUT2D eigenvalue weighted by atomic mass is 16.6. The van der Waals surface area contributed by atoms with Gasteiger partial charge in [-0.15, -0.1) is 0 Å². The Kier molecular flexibility index (Phi) is 5.49. The number of aliphatic hydroxyl groups is 1. The van der Waals surface area contributed by atoms with Gasteiger partial charge in [-0.05, 0) is 18.8 Å². The molecular weight excluding hydrogens is 176 g/mol. The van der Waals surface area contributed by atoms with Crippen LogP contribution >= 0.6 is 0 Å². The Hall–Kier alpha value is -0.0800. The van der Waals surface area contributed by atoms with Gasteiger partial charge in [0.15, 0.2) is 6.29 Å². The van der Waals surface area contributed by atoms with Crippen molar-refractivity contribution < 1.29 is 9.84 Å². The highest BCUT2D eigenvalue weighted by molar-refractivity contribution is 4.70. The third-order valence-corrected chi connectivity index (χ3v) is 3.00. The summed E-state index contributed by atoms with van der Waals surface area (Å²) >= 11 is 0. The fourth-order valence-corrected chi connectivity index (χ4v) is 2.21. The van der Waals surface area contributed by atoms with Crippen LogP contribution in [0, 0.1) is 5.92 Å². The molecular formula is C12H24O2. The van der Waals surface area contributed by atoms with Gasteiger partial charge in [0.1, 0.15) is 0 Å². The molecule has 0 bridgehead atoms. The zero-order chi connectivity index (χ0) is 10.4. The summed E-state index contributed by atoms with van der Waals surface area (Å²) in [6.45, 7) is 4.42. The average Bonchev–Trinajstić information content (AvgIpc) is 2.11. The van der Waals surface area contributed by atoms with Crippen LogP contribution in [0.25, 0.3) is 0 Å². The van der Waals surface area contributed by atoms with Gasteiger partial charge in [-0.3, -0.25) is 0 Å². The van der Waals surface area contributed by atoms with E-state index in [4.69, 9.17) is 4.74 Å². The van der Waals surface area contributed by atoms with Crippen molar-refractivity contribution in [2.45, 2.75) is 71.2 Å². The number of aliphatic hydroxyl groups excluding tert-OH is 1. The van der Waals surface area contributed by atoms with Gasteiger partial charge in [0.25, 0.3) is 0 Å². The molecule has 1 fully saturated rings. The summed E-state index contributed by atoms with van der Waals surface area (Å²) in [4.78, 5) is 0. The number of hydrogen-bond donors (Lipinski definition) is 1. The molecule has 1 N–H and O–H groups in total. The minimum atomic E-state index is -0.505. The summed E-state index contributed by atoms with van der Waals surface area (Å²) in [5.41, 5.74) is 0.